The molecule has 8 atom stereocenters. The second-order valence-electron chi connectivity index (χ2n) is 8.97. The average molecular weight is 330 g/mol. The Morgan fingerprint density at radius 1 is 1.25 bits per heavy atom. The molecule has 0 bridgehead atoms. The van der Waals surface area contributed by atoms with Gasteiger partial charge in [-0.3, -0.25) is 4.79 Å². The third kappa shape index (κ3) is 1.66. The molecule has 130 valence electrons. The first kappa shape index (κ1) is 15.0. The van der Waals surface area contributed by atoms with E-state index in [1.54, 1.807) is 6.26 Å². The SMILES string of the molecule is CC1CC2OC(=O)C3CCC4OC(c5ccoc5)CC1(C)C4C23C. The first-order valence-corrected chi connectivity index (χ1v) is 9.32. The van der Waals surface area contributed by atoms with Gasteiger partial charge in [-0.1, -0.05) is 20.8 Å². The van der Waals surface area contributed by atoms with Crippen molar-refractivity contribution in [3.63, 3.8) is 0 Å². The van der Waals surface area contributed by atoms with E-state index in [1.807, 2.05) is 12.3 Å². The van der Waals surface area contributed by atoms with Crippen LogP contribution in [0.3, 0.4) is 0 Å². The Labute approximate surface area is 142 Å². The highest BCUT2D eigenvalue weighted by atomic mass is 16.6. The minimum atomic E-state index is -0.0668. The molecule has 2 saturated heterocycles. The van der Waals surface area contributed by atoms with Gasteiger partial charge in [0.05, 0.1) is 30.7 Å². The van der Waals surface area contributed by atoms with Crippen LogP contribution in [0, 0.1) is 28.6 Å². The Hall–Kier alpha value is -1.29. The van der Waals surface area contributed by atoms with Gasteiger partial charge >= 0.3 is 5.97 Å². The molecule has 24 heavy (non-hydrogen) atoms. The van der Waals surface area contributed by atoms with Gasteiger partial charge in [-0.05, 0) is 43.1 Å². The second kappa shape index (κ2) is 4.66. The van der Waals surface area contributed by atoms with Gasteiger partial charge < -0.3 is 13.9 Å². The highest BCUT2D eigenvalue weighted by molar-refractivity contribution is 5.76. The maximum atomic E-state index is 12.5. The van der Waals surface area contributed by atoms with E-state index in [2.05, 4.69) is 20.8 Å². The Bertz CT molecular complexity index is 667. The van der Waals surface area contributed by atoms with E-state index in [-0.39, 0.29) is 41.0 Å². The predicted molar refractivity (Wildman–Crippen MR) is 87.0 cm³/mol. The first-order chi connectivity index (χ1) is 11.4. The van der Waals surface area contributed by atoms with Crippen molar-refractivity contribution in [3.8, 4) is 0 Å². The first-order valence-electron chi connectivity index (χ1n) is 9.32. The fraction of sp³-hybridized carbons (Fsp3) is 0.750. The van der Waals surface area contributed by atoms with Crippen LogP contribution in [0.5, 0.6) is 0 Å². The lowest BCUT2D eigenvalue weighted by atomic mass is 9.43. The molecule has 4 nitrogen and oxygen atoms in total. The van der Waals surface area contributed by atoms with Gasteiger partial charge in [0.1, 0.15) is 6.10 Å². The van der Waals surface area contributed by atoms with E-state index in [9.17, 15) is 4.79 Å². The van der Waals surface area contributed by atoms with Crippen molar-refractivity contribution in [2.75, 3.05) is 0 Å². The van der Waals surface area contributed by atoms with Gasteiger partial charge in [0.25, 0.3) is 0 Å². The Balaban J connectivity index is 1.59. The highest BCUT2D eigenvalue weighted by Crippen LogP contribution is 2.69. The predicted octanol–water partition coefficient (Wildman–Crippen LogP) is 4.11. The van der Waals surface area contributed by atoms with Crippen LogP contribution in [0.2, 0.25) is 0 Å². The molecule has 0 radical (unpaired) electrons. The van der Waals surface area contributed by atoms with Crippen LogP contribution in [0.4, 0.5) is 0 Å². The summed E-state index contributed by atoms with van der Waals surface area (Å²) in [5, 5.41) is 0. The van der Waals surface area contributed by atoms with E-state index < -0.39 is 0 Å². The molecule has 2 aliphatic carbocycles. The fourth-order valence-corrected chi connectivity index (χ4v) is 6.69. The third-order valence-electron chi connectivity index (χ3n) is 8.05. The largest absolute Gasteiger partial charge is 0.472 e. The van der Waals surface area contributed by atoms with Crippen molar-refractivity contribution in [2.24, 2.45) is 28.6 Å². The molecule has 4 aliphatic rings. The van der Waals surface area contributed by atoms with Gasteiger partial charge in [0.2, 0.25) is 0 Å². The molecule has 1 aromatic rings. The van der Waals surface area contributed by atoms with Crippen molar-refractivity contribution >= 4 is 5.97 Å². The summed E-state index contributed by atoms with van der Waals surface area (Å²) in [4.78, 5) is 12.5. The number of furan rings is 1. The second-order valence-corrected chi connectivity index (χ2v) is 8.97. The quantitative estimate of drug-likeness (QED) is 0.727. The molecule has 2 aliphatic heterocycles. The van der Waals surface area contributed by atoms with Gasteiger partial charge in [0, 0.05) is 16.9 Å². The topological polar surface area (TPSA) is 48.7 Å². The van der Waals surface area contributed by atoms with Crippen LogP contribution in [-0.2, 0) is 14.3 Å². The van der Waals surface area contributed by atoms with Crippen molar-refractivity contribution < 1.29 is 18.7 Å². The zero-order chi connectivity index (χ0) is 16.7. The monoisotopic (exact) mass is 330 g/mol. The normalized spacial score (nSPS) is 52.7. The summed E-state index contributed by atoms with van der Waals surface area (Å²) < 4.78 is 17.7. The molecular weight excluding hydrogens is 304 g/mol. The van der Waals surface area contributed by atoms with Crippen LogP contribution in [0.15, 0.2) is 23.0 Å². The third-order valence-corrected chi connectivity index (χ3v) is 8.05. The molecule has 5 rings (SSSR count). The van der Waals surface area contributed by atoms with Gasteiger partial charge in [-0.15, -0.1) is 0 Å². The lowest BCUT2D eigenvalue weighted by molar-refractivity contribution is -0.250. The van der Waals surface area contributed by atoms with E-state index >= 15 is 0 Å². The van der Waals surface area contributed by atoms with Gasteiger partial charge in [0.15, 0.2) is 0 Å². The Kier molecular flexibility index (Phi) is 2.91. The molecule has 4 heteroatoms. The van der Waals surface area contributed by atoms with Gasteiger partial charge in [-0.25, -0.2) is 0 Å². The number of carbonyl (C=O) groups is 1. The molecule has 0 aromatic carbocycles. The maximum Gasteiger partial charge on any atom is 0.309 e. The fourth-order valence-electron chi connectivity index (χ4n) is 6.69. The summed E-state index contributed by atoms with van der Waals surface area (Å²) in [5.74, 6) is 1.01. The lowest BCUT2D eigenvalue weighted by Crippen LogP contribution is -2.64. The van der Waals surface area contributed by atoms with Crippen molar-refractivity contribution in [3.05, 3.63) is 24.2 Å². The molecule has 1 aromatic heterocycles. The Morgan fingerprint density at radius 3 is 2.83 bits per heavy atom. The van der Waals surface area contributed by atoms with Crippen molar-refractivity contribution in [1.82, 2.24) is 0 Å². The molecule has 8 unspecified atom stereocenters. The number of hydrogen-bond acceptors (Lipinski definition) is 4. The molecule has 2 saturated carbocycles. The van der Waals surface area contributed by atoms with E-state index in [4.69, 9.17) is 13.9 Å². The molecule has 3 heterocycles. The average Bonchev–Trinajstić information content (AvgIpc) is 3.14. The van der Waals surface area contributed by atoms with E-state index in [0.717, 1.165) is 31.2 Å². The van der Waals surface area contributed by atoms with Crippen LogP contribution in [-0.4, -0.2) is 18.2 Å². The van der Waals surface area contributed by atoms with E-state index in [0.29, 0.717) is 11.8 Å². The highest BCUT2D eigenvalue weighted by Gasteiger charge is 2.70. The van der Waals surface area contributed by atoms with Crippen molar-refractivity contribution in [1.29, 1.82) is 0 Å². The molecular formula is C20H26O4. The summed E-state index contributed by atoms with van der Waals surface area (Å²) in [6.45, 7) is 7.07. The number of esters is 1. The maximum absolute atomic E-state index is 12.5. The number of rotatable bonds is 1. The van der Waals surface area contributed by atoms with Crippen molar-refractivity contribution in [2.45, 2.75) is 64.8 Å². The van der Waals surface area contributed by atoms with Crippen LogP contribution >= 0.6 is 0 Å². The minimum Gasteiger partial charge on any atom is -0.472 e. The lowest BCUT2D eigenvalue weighted by Gasteiger charge is -2.64. The number of ether oxygens (including phenoxy) is 2. The molecule has 4 fully saturated rings. The summed E-state index contributed by atoms with van der Waals surface area (Å²) >= 11 is 0. The summed E-state index contributed by atoms with van der Waals surface area (Å²) in [7, 11) is 0. The zero-order valence-corrected chi connectivity index (χ0v) is 14.7. The zero-order valence-electron chi connectivity index (χ0n) is 14.7. The molecule has 0 spiro atoms. The summed E-state index contributed by atoms with van der Waals surface area (Å²) in [5.41, 5.74) is 1.25. The molecule has 0 N–H and O–H groups in total. The molecule has 0 amide bonds. The number of hydrogen-bond donors (Lipinski definition) is 0. The van der Waals surface area contributed by atoms with E-state index in [1.165, 1.54) is 0 Å². The Morgan fingerprint density at radius 2 is 2.08 bits per heavy atom. The summed E-state index contributed by atoms with van der Waals surface area (Å²) in [6.07, 6.45) is 7.78. The minimum absolute atomic E-state index is 0.0364. The van der Waals surface area contributed by atoms with Crippen LogP contribution in [0.1, 0.15) is 58.1 Å². The standard InChI is InChI=1S/C20H26O4/c1-11-8-16-20(3)13(18(21)24-16)4-5-14-17(20)19(11,2)9-15(23-14)12-6-7-22-10-12/h6-7,10-11,13-17H,4-5,8-9H2,1-3H3. The number of carbonyl (C=O) groups excluding carboxylic acids is 1. The van der Waals surface area contributed by atoms with Crippen LogP contribution in [0.25, 0.3) is 0 Å². The van der Waals surface area contributed by atoms with Gasteiger partial charge in [-0.2, -0.15) is 0 Å². The summed E-state index contributed by atoms with van der Waals surface area (Å²) in [6, 6.07) is 2.03. The van der Waals surface area contributed by atoms with Crippen LogP contribution < -0.4 is 0 Å². The smallest absolute Gasteiger partial charge is 0.309 e.